The van der Waals surface area contributed by atoms with Crippen molar-refractivity contribution >= 4 is 17.4 Å². The molecule has 7 heteroatoms. The highest BCUT2D eigenvalue weighted by atomic mass is 16.5. The molecule has 7 nitrogen and oxygen atoms in total. The van der Waals surface area contributed by atoms with Crippen molar-refractivity contribution in [1.82, 2.24) is 9.88 Å². The monoisotopic (exact) mass is 410 g/mol. The highest BCUT2D eigenvalue weighted by Gasteiger charge is 2.46. The van der Waals surface area contributed by atoms with Crippen LogP contribution in [0.15, 0.2) is 54.4 Å². The Balaban J connectivity index is 2.08. The second-order valence-electron chi connectivity index (χ2n) is 7.22. The van der Waals surface area contributed by atoms with E-state index >= 15 is 0 Å². The second kappa shape index (κ2) is 9.54. The predicted molar refractivity (Wildman–Crippen MR) is 113 cm³/mol. The number of aromatic nitrogens is 1. The number of ether oxygens (including phenoxy) is 1. The van der Waals surface area contributed by atoms with Crippen LogP contribution in [0.4, 0.5) is 0 Å². The molecule has 0 radical (unpaired) electrons. The average Bonchev–Trinajstić information content (AvgIpc) is 3.04. The number of hydrogen-bond acceptors (Lipinski definition) is 5. The molecule has 2 aromatic rings. The van der Waals surface area contributed by atoms with Crippen LogP contribution >= 0.6 is 0 Å². The SMILES string of the molecule is CC[NH+](CC)CCN1C(=O)C(=O)C(=C(O)c2cccc(OC)c2)[C@H]1c1cccnc1. The maximum absolute atomic E-state index is 13.0. The van der Waals surface area contributed by atoms with Gasteiger partial charge in [-0.3, -0.25) is 14.6 Å². The molecule has 1 saturated heterocycles. The van der Waals surface area contributed by atoms with E-state index in [9.17, 15) is 14.7 Å². The second-order valence-corrected chi connectivity index (χ2v) is 7.22. The number of ketones is 1. The number of aliphatic hydroxyl groups excluding tert-OH is 1. The molecule has 2 heterocycles. The number of Topliss-reactive ketones (excluding diaryl/α,β-unsaturated/α-hetero) is 1. The van der Waals surface area contributed by atoms with Crippen LogP contribution < -0.4 is 9.64 Å². The third kappa shape index (κ3) is 4.21. The van der Waals surface area contributed by atoms with Crippen molar-refractivity contribution in [2.75, 3.05) is 33.3 Å². The summed E-state index contributed by atoms with van der Waals surface area (Å²) in [6.07, 6.45) is 3.27. The number of likely N-dealkylation sites (tertiary alicyclic amines) is 1. The molecule has 1 aliphatic heterocycles. The van der Waals surface area contributed by atoms with Gasteiger partial charge >= 0.3 is 0 Å². The summed E-state index contributed by atoms with van der Waals surface area (Å²) in [7, 11) is 1.53. The lowest BCUT2D eigenvalue weighted by Crippen LogP contribution is -3.12. The van der Waals surface area contributed by atoms with Crippen LogP contribution in [0.25, 0.3) is 5.76 Å². The highest BCUT2D eigenvalue weighted by Crippen LogP contribution is 2.39. The van der Waals surface area contributed by atoms with E-state index in [0.717, 1.165) is 19.6 Å². The summed E-state index contributed by atoms with van der Waals surface area (Å²) in [5.74, 6) is -0.936. The van der Waals surface area contributed by atoms with Gasteiger partial charge in [0.05, 0.1) is 44.9 Å². The number of pyridine rings is 1. The number of likely N-dealkylation sites (N-methyl/N-ethyl adjacent to an activating group) is 1. The molecule has 0 spiro atoms. The number of carbonyl (C=O) groups is 2. The van der Waals surface area contributed by atoms with Gasteiger partial charge in [0.15, 0.2) is 0 Å². The third-order valence-corrected chi connectivity index (χ3v) is 5.59. The molecule has 0 aliphatic carbocycles. The molecule has 0 bridgehead atoms. The van der Waals surface area contributed by atoms with E-state index in [-0.39, 0.29) is 11.3 Å². The van der Waals surface area contributed by atoms with E-state index in [1.165, 1.54) is 12.0 Å². The van der Waals surface area contributed by atoms with Gasteiger partial charge < -0.3 is 19.6 Å². The van der Waals surface area contributed by atoms with Gasteiger partial charge in [0.1, 0.15) is 11.5 Å². The summed E-state index contributed by atoms with van der Waals surface area (Å²) in [5.41, 5.74) is 1.20. The van der Waals surface area contributed by atoms with Crippen LogP contribution in [-0.4, -0.2) is 60.0 Å². The Hall–Kier alpha value is -3.19. The molecule has 1 aromatic carbocycles. The summed E-state index contributed by atoms with van der Waals surface area (Å²) in [6, 6.07) is 9.71. The van der Waals surface area contributed by atoms with Crippen molar-refractivity contribution in [3.8, 4) is 5.75 Å². The minimum atomic E-state index is -0.682. The van der Waals surface area contributed by atoms with Gasteiger partial charge in [0.25, 0.3) is 11.7 Å². The van der Waals surface area contributed by atoms with Crippen molar-refractivity contribution in [3.63, 3.8) is 0 Å². The average molecular weight is 410 g/mol. The summed E-state index contributed by atoms with van der Waals surface area (Å²) >= 11 is 0. The third-order valence-electron chi connectivity index (χ3n) is 5.59. The molecule has 30 heavy (non-hydrogen) atoms. The summed E-state index contributed by atoms with van der Waals surface area (Å²) in [5, 5.41) is 11.0. The van der Waals surface area contributed by atoms with E-state index in [1.54, 1.807) is 47.6 Å². The van der Waals surface area contributed by atoms with Gasteiger partial charge in [-0.15, -0.1) is 0 Å². The van der Waals surface area contributed by atoms with E-state index in [4.69, 9.17) is 4.74 Å². The summed E-state index contributed by atoms with van der Waals surface area (Å²) in [6.45, 7) is 7.18. The smallest absolute Gasteiger partial charge is 0.295 e. The first-order valence-corrected chi connectivity index (χ1v) is 10.2. The minimum Gasteiger partial charge on any atom is -0.507 e. The number of rotatable bonds is 8. The van der Waals surface area contributed by atoms with E-state index < -0.39 is 17.7 Å². The Morgan fingerprint density at radius 3 is 2.60 bits per heavy atom. The van der Waals surface area contributed by atoms with Crippen LogP contribution in [0.5, 0.6) is 5.75 Å². The molecule has 1 fully saturated rings. The van der Waals surface area contributed by atoms with Crippen molar-refractivity contribution in [1.29, 1.82) is 0 Å². The minimum absolute atomic E-state index is 0.0794. The maximum atomic E-state index is 13.0. The molecule has 1 aliphatic rings. The zero-order valence-electron chi connectivity index (χ0n) is 17.6. The fourth-order valence-corrected chi connectivity index (χ4v) is 3.80. The lowest BCUT2D eigenvalue weighted by atomic mass is 9.96. The topological polar surface area (TPSA) is 84.2 Å². The molecule has 158 valence electrons. The molecule has 2 N–H and O–H groups in total. The number of quaternary nitrogens is 1. The standard InChI is InChI=1S/C23H27N3O4/c1-4-25(5-2)12-13-26-20(17-9-7-11-24-15-17)19(22(28)23(26)29)21(27)16-8-6-10-18(14-16)30-3/h6-11,14-15,20,27H,4-5,12-13H2,1-3H3/p+1/t20-/m1/s1. The number of nitrogens with zero attached hydrogens (tertiary/aromatic N) is 2. The fourth-order valence-electron chi connectivity index (χ4n) is 3.80. The van der Waals surface area contributed by atoms with Crippen molar-refractivity contribution < 1.29 is 24.3 Å². The number of aliphatic hydroxyl groups is 1. The van der Waals surface area contributed by atoms with Gasteiger partial charge in [-0.25, -0.2) is 0 Å². The Morgan fingerprint density at radius 2 is 1.97 bits per heavy atom. The molecule has 1 amide bonds. The van der Waals surface area contributed by atoms with Gasteiger partial charge in [-0.05, 0) is 37.6 Å². The fraction of sp³-hybridized carbons (Fsp3) is 0.348. The van der Waals surface area contributed by atoms with Crippen LogP contribution in [0.1, 0.15) is 31.0 Å². The molecular formula is C23H28N3O4+. The van der Waals surface area contributed by atoms with Gasteiger partial charge in [-0.2, -0.15) is 0 Å². The molecule has 1 aromatic heterocycles. The largest absolute Gasteiger partial charge is 0.507 e. The van der Waals surface area contributed by atoms with Crippen molar-refractivity contribution in [2.45, 2.75) is 19.9 Å². The van der Waals surface area contributed by atoms with Crippen LogP contribution in [0, 0.1) is 0 Å². The first-order valence-electron chi connectivity index (χ1n) is 10.2. The molecule has 3 rings (SSSR count). The van der Waals surface area contributed by atoms with Gasteiger partial charge in [0, 0.05) is 18.0 Å². The van der Waals surface area contributed by atoms with Gasteiger partial charge in [0.2, 0.25) is 0 Å². The number of carbonyl (C=O) groups excluding carboxylic acids is 2. The van der Waals surface area contributed by atoms with E-state index in [2.05, 4.69) is 18.8 Å². The number of benzene rings is 1. The van der Waals surface area contributed by atoms with Crippen molar-refractivity contribution in [3.05, 3.63) is 65.5 Å². The van der Waals surface area contributed by atoms with E-state index in [1.807, 2.05) is 6.07 Å². The molecule has 0 saturated carbocycles. The lowest BCUT2D eigenvalue weighted by Gasteiger charge is -2.26. The lowest BCUT2D eigenvalue weighted by molar-refractivity contribution is -0.895. The molecular weight excluding hydrogens is 382 g/mol. The number of nitrogens with one attached hydrogen (secondary N) is 1. The zero-order chi connectivity index (χ0) is 21.7. The Bertz CT molecular complexity index is 938. The van der Waals surface area contributed by atoms with Crippen LogP contribution in [-0.2, 0) is 9.59 Å². The van der Waals surface area contributed by atoms with Crippen molar-refractivity contribution in [2.24, 2.45) is 0 Å². The van der Waals surface area contributed by atoms with Gasteiger partial charge in [-0.1, -0.05) is 18.2 Å². The van der Waals surface area contributed by atoms with E-state index in [0.29, 0.717) is 23.4 Å². The van der Waals surface area contributed by atoms with Crippen LogP contribution in [0.2, 0.25) is 0 Å². The molecule has 0 unspecified atom stereocenters. The normalized spacial score (nSPS) is 18.3. The first kappa shape index (κ1) is 21.5. The maximum Gasteiger partial charge on any atom is 0.295 e. The quantitative estimate of drug-likeness (QED) is 0.391. The first-order chi connectivity index (χ1) is 14.5. The number of methoxy groups -OCH3 is 1. The Morgan fingerprint density at radius 1 is 1.20 bits per heavy atom. The Labute approximate surface area is 176 Å². The highest BCUT2D eigenvalue weighted by molar-refractivity contribution is 6.46. The van der Waals surface area contributed by atoms with Crippen LogP contribution in [0.3, 0.4) is 0 Å². The molecule has 1 atom stereocenters. The predicted octanol–water partition coefficient (Wildman–Crippen LogP) is 1.44. The zero-order valence-corrected chi connectivity index (χ0v) is 17.6. The Kier molecular flexibility index (Phi) is 6.84. The number of hydrogen-bond donors (Lipinski definition) is 2. The summed E-state index contributed by atoms with van der Waals surface area (Å²) < 4.78 is 5.23. The summed E-state index contributed by atoms with van der Waals surface area (Å²) in [4.78, 5) is 32.9. The number of amides is 1.